The minimum atomic E-state index is -3.18. The number of nitrogens with zero attached hydrogens (tertiary/aromatic N) is 1. The maximum absolute atomic E-state index is 13.4. The first kappa shape index (κ1) is 64.7. The summed E-state index contributed by atoms with van der Waals surface area (Å²) in [5.41, 5.74) is 0. The number of rotatable bonds is 26. The standard InChI is InChI=1S/C44H76N2O29S/c1-16-19(54)10-44(43(64)65,74-34(16)26(56)20(55)11-47)75-38-33(63)42(71-35-23(14-50)67-39(31(61)30(35)60)46(3)66-8-4-6-18(53)7-5-9-76)70-24(15-51)36(38)72-40-25(45-17(2)52)37(28(58)22(13-49)68-40)73-41-32(62)29(59)27(57)21(12-48)69-41/h16,19-42,47-51,54-63,76H,4-15H2,1-3H3,(H,45,52)(H,64,65)/t16-,19?,20-,21?,22?,23?,24?,25?,26+,27+,28+,29+,30-,31?,32?,33?,34-,35-,36+,37-,38-,39-,40+,41+,42+,44+/m1/s1. The maximum atomic E-state index is 13.4. The van der Waals surface area contributed by atoms with Crippen LogP contribution in [0, 0.1) is 5.92 Å². The van der Waals surface area contributed by atoms with Crippen molar-refractivity contribution in [3.63, 3.8) is 0 Å². The maximum Gasteiger partial charge on any atom is 0.364 e. The highest BCUT2D eigenvalue weighted by Gasteiger charge is 2.61. The number of aliphatic hydroxyl groups is 15. The summed E-state index contributed by atoms with van der Waals surface area (Å²) in [6.07, 6.45) is -44.5. The smallest absolute Gasteiger partial charge is 0.364 e. The van der Waals surface area contributed by atoms with Crippen LogP contribution in [0.2, 0.25) is 0 Å². The first-order valence-corrected chi connectivity index (χ1v) is 25.3. The van der Waals surface area contributed by atoms with Gasteiger partial charge in [0.25, 0.3) is 5.79 Å². The summed E-state index contributed by atoms with van der Waals surface area (Å²) < 4.78 is 53.3. The van der Waals surface area contributed by atoms with Crippen molar-refractivity contribution < 1.29 is 144 Å². The molecular weight excluding hydrogens is 1050 g/mol. The number of carboxylic acids is 1. The van der Waals surface area contributed by atoms with Crippen LogP contribution in [0.3, 0.4) is 0 Å². The van der Waals surface area contributed by atoms with Gasteiger partial charge in [-0.2, -0.15) is 17.7 Å². The average molecular weight is 1130 g/mol. The van der Waals surface area contributed by atoms with Gasteiger partial charge in [0.15, 0.2) is 25.1 Å². The van der Waals surface area contributed by atoms with Gasteiger partial charge in [-0.15, -0.1) is 0 Å². The number of hydrogen-bond donors (Lipinski definition) is 18. The lowest BCUT2D eigenvalue weighted by Gasteiger charge is -2.52. The quantitative estimate of drug-likeness (QED) is 0.0217. The Hall–Kier alpha value is -2.08. The number of thiol groups is 1. The normalized spacial score (nSPS) is 43.1. The summed E-state index contributed by atoms with van der Waals surface area (Å²) >= 11 is 4.09. The van der Waals surface area contributed by atoms with E-state index in [1.165, 1.54) is 14.0 Å². The van der Waals surface area contributed by atoms with Gasteiger partial charge in [-0.25, -0.2) is 4.79 Å². The largest absolute Gasteiger partial charge is 0.477 e. The van der Waals surface area contributed by atoms with E-state index >= 15 is 0 Å². The molecule has 0 aromatic heterocycles. The van der Waals surface area contributed by atoms with Gasteiger partial charge in [-0.1, -0.05) is 6.92 Å². The van der Waals surface area contributed by atoms with Crippen molar-refractivity contribution >= 4 is 30.3 Å². The van der Waals surface area contributed by atoms with Crippen molar-refractivity contribution in [2.75, 3.05) is 52.4 Å². The second-order valence-corrected chi connectivity index (χ2v) is 19.8. The molecular formula is C44H76N2O29S. The number of carbonyl (C=O) groups excluding carboxylic acids is 2. The van der Waals surface area contributed by atoms with Crippen LogP contribution in [0.4, 0.5) is 0 Å². The lowest BCUT2D eigenvalue weighted by molar-refractivity contribution is -0.405. The molecule has 9 unspecified atom stereocenters. The van der Waals surface area contributed by atoms with E-state index in [0.717, 1.165) is 12.0 Å². The van der Waals surface area contributed by atoms with Crippen molar-refractivity contribution in [2.45, 2.75) is 199 Å². The molecule has 442 valence electrons. The monoisotopic (exact) mass is 1130 g/mol. The summed E-state index contributed by atoms with van der Waals surface area (Å²) in [7, 11) is 1.33. The molecule has 5 fully saturated rings. The molecule has 76 heavy (non-hydrogen) atoms. The molecule has 5 heterocycles. The molecule has 5 aliphatic rings. The third kappa shape index (κ3) is 14.9. The molecule has 17 N–H and O–H groups in total. The lowest BCUT2D eigenvalue weighted by Crippen LogP contribution is -2.71. The first-order valence-electron chi connectivity index (χ1n) is 24.7. The number of aliphatic carboxylic acids is 1. The number of hydrogen-bond acceptors (Lipinski definition) is 30. The minimum Gasteiger partial charge on any atom is -0.477 e. The van der Waals surface area contributed by atoms with E-state index in [2.05, 4.69) is 17.9 Å². The molecule has 26 atom stereocenters. The number of hydroxylamine groups is 2. The highest BCUT2D eigenvalue weighted by molar-refractivity contribution is 7.80. The molecule has 0 bridgehead atoms. The van der Waals surface area contributed by atoms with Crippen LogP contribution in [0.15, 0.2) is 0 Å². The zero-order valence-corrected chi connectivity index (χ0v) is 42.7. The Morgan fingerprint density at radius 1 is 0.684 bits per heavy atom. The summed E-state index contributed by atoms with van der Waals surface area (Å²) in [6, 6.07) is -1.84. The summed E-state index contributed by atoms with van der Waals surface area (Å²) in [4.78, 5) is 44.0. The highest BCUT2D eigenvalue weighted by atomic mass is 32.1. The number of nitrogens with one attached hydrogen (secondary N) is 1. The van der Waals surface area contributed by atoms with Gasteiger partial charge >= 0.3 is 5.97 Å². The van der Waals surface area contributed by atoms with Gasteiger partial charge in [0.05, 0.1) is 51.8 Å². The molecule has 32 heteroatoms. The van der Waals surface area contributed by atoms with Gasteiger partial charge in [-0.3, -0.25) is 14.4 Å². The molecule has 0 aromatic carbocycles. The van der Waals surface area contributed by atoms with E-state index in [1.807, 2.05) is 0 Å². The number of ketones is 1. The van der Waals surface area contributed by atoms with E-state index in [4.69, 9.17) is 47.5 Å². The van der Waals surface area contributed by atoms with E-state index in [9.17, 15) is 96.1 Å². The molecule has 5 saturated heterocycles. The zero-order valence-electron chi connectivity index (χ0n) is 41.8. The van der Waals surface area contributed by atoms with Crippen LogP contribution in [0.1, 0.15) is 46.0 Å². The Morgan fingerprint density at radius 2 is 1.24 bits per heavy atom. The number of aliphatic hydroxyl groups excluding tert-OH is 15. The zero-order chi connectivity index (χ0) is 56.5. The van der Waals surface area contributed by atoms with Crippen LogP contribution >= 0.6 is 12.6 Å². The molecule has 31 nitrogen and oxygen atoms in total. The summed E-state index contributed by atoms with van der Waals surface area (Å²) in [5, 5.41) is 177. The lowest BCUT2D eigenvalue weighted by atomic mass is 9.84. The molecule has 1 amide bonds. The molecule has 0 aromatic rings. The van der Waals surface area contributed by atoms with Gasteiger partial charge < -0.3 is 130 Å². The average Bonchev–Trinajstić information content (AvgIpc) is 3.39. The van der Waals surface area contributed by atoms with E-state index in [-0.39, 0.29) is 25.2 Å². The number of ether oxygens (including phenoxy) is 9. The first-order chi connectivity index (χ1) is 35.9. The van der Waals surface area contributed by atoms with E-state index in [0.29, 0.717) is 18.6 Å². The Bertz CT molecular complexity index is 1820. The van der Waals surface area contributed by atoms with Crippen molar-refractivity contribution in [3.8, 4) is 0 Å². The SMILES string of the molecule is CC(=O)NC1[C@H](O[C@H]2C(CO)O[C@@H](O[C@@H]3C(CO)O[C@@H](N(C)OCCCC(=O)CCCS)C(O)[C@H]3O)C(O)[C@H]2O[C@]2(C(=O)O)CC(O)[C@@H](C)[C@H]([C@@H](O)[C@H](O)CO)O2)OC(CO)[C@H](O)[C@@H]1O[C@@H]1OC(CO)[C@H](O)[C@H](O)C1O. The molecule has 0 radical (unpaired) electrons. The minimum absolute atomic E-state index is 0.0244. The Balaban J connectivity index is 1.52. The Kier molecular flexibility index (Phi) is 24.8. The van der Waals surface area contributed by atoms with Gasteiger partial charge in [0, 0.05) is 39.2 Å². The second kappa shape index (κ2) is 29.1. The predicted octanol–water partition coefficient (Wildman–Crippen LogP) is -9.37. The number of Topliss-reactive ketones (excluding diaryl/α,β-unsaturated/α-hetero) is 1. The third-order valence-corrected chi connectivity index (χ3v) is 14.3. The van der Waals surface area contributed by atoms with Gasteiger partial charge in [-0.05, 0) is 18.6 Å². The van der Waals surface area contributed by atoms with E-state index in [1.54, 1.807) is 0 Å². The Labute approximate surface area is 440 Å². The fraction of sp³-hybridized carbons (Fsp3) is 0.932. The summed E-state index contributed by atoms with van der Waals surface area (Å²) in [5.74, 6) is -6.79. The molecule has 0 spiro atoms. The van der Waals surface area contributed by atoms with Crippen molar-refractivity contribution in [1.29, 1.82) is 0 Å². The van der Waals surface area contributed by atoms with Gasteiger partial charge in [0.1, 0.15) is 116 Å². The molecule has 5 rings (SSSR count). The third-order valence-electron chi connectivity index (χ3n) is 13.9. The number of carbonyl (C=O) groups is 3. The number of amides is 1. The summed E-state index contributed by atoms with van der Waals surface area (Å²) in [6.45, 7) is -2.90. The number of carboxylic acid groups (broad SMARTS) is 1. The molecule has 0 saturated carbocycles. The van der Waals surface area contributed by atoms with Crippen LogP contribution < -0.4 is 5.32 Å². The Morgan fingerprint density at radius 3 is 1.83 bits per heavy atom. The fourth-order valence-corrected chi connectivity index (χ4v) is 9.72. The van der Waals surface area contributed by atoms with Crippen molar-refractivity contribution in [3.05, 3.63) is 0 Å². The van der Waals surface area contributed by atoms with Crippen LogP contribution in [0.5, 0.6) is 0 Å². The van der Waals surface area contributed by atoms with Crippen LogP contribution in [0.25, 0.3) is 0 Å². The number of likely N-dealkylation sites (N-methyl/N-ethyl adjacent to an activating group) is 1. The predicted molar refractivity (Wildman–Crippen MR) is 247 cm³/mol. The van der Waals surface area contributed by atoms with Crippen LogP contribution in [-0.2, 0) is 61.9 Å². The van der Waals surface area contributed by atoms with Crippen molar-refractivity contribution in [2.24, 2.45) is 5.92 Å². The fourth-order valence-electron chi connectivity index (χ4n) is 9.57. The molecule has 0 aliphatic carbocycles. The van der Waals surface area contributed by atoms with E-state index < -0.39 is 210 Å². The van der Waals surface area contributed by atoms with Crippen molar-refractivity contribution in [1.82, 2.24) is 10.4 Å². The highest BCUT2D eigenvalue weighted by Crippen LogP contribution is 2.42. The second-order valence-electron chi connectivity index (χ2n) is 19.3. The van der Waals surface area contributed by atoms with Gasteiger partial charge in [0.2, 0.25) is 5.91 Å². The van der Waals surface area contributed by atoms with Crippen LogP contribution in [-0.4, -0.2) is 310 Å². The topological polar surface area (TPSA) is 482 Å². The molecule has 5 aliphatic heterocycles.